The van der Waals surface area contributed by atoms with Crippen molar-refractivity contribution in [3.8, 4) is 22.6 Å². The van der Waals surface area contributed by atoms with Gasteiger partial charge in [-0.05, 0) is 62.8 Å². The lowest BCUT2D eigenvalue weighted by molar-refractivity contribution is -0.134. The van der Waals surface area contributed by atoms with E-state index in [4.69, 9.17) is 4.74 Å². The van der Waals surface area contributed by atoms with Gasteiger partial charge in [-0.1, -0.05) is 59.0 Å². The summed E-state index contributed by atoms with van der Waals surface area (Å²) in [6.07, 6.45) is 0.0145. The Morgan fingerprint density at radius 2 is 1.89 bits per heavy atom. The van der Waals surface area contributed by atoms with Gasteiger partial charge in [0.05, 0.1) is 9.97 Å². The number of halogens is 1. The molecule has 2 heterocycles. The van der Waals surface area contributed by atoms with E-state index in [-0.39, 0.29) is 34.4 Å². The average molecular weight is 638 g/mol. The zero-order valence-electron chi connectivity index (χ0n) is 20.3. The predicted octanol–water partition coefficient (Wildman–Crippen LogP) is 6.07. The molecule has 1 amide bonds. The van der Waals surface area contributed by atoms with Crippen LogP contribution in [0.2, 0.25) is 0 Å². The highest BCUT2D eigenvalue weighted by atomic mass is 127. The predicted molar refractivity (Wildman–Crippen MR) is 156 cm³/mol. The van der Waals surface area contributed by atoms with E-state index in [0.29, 0.717) is 5.69 Å². The number of nitrogens with zero attached hydrogens (tertiary/aromatic N) is 1. The molecule has 0 saturated carbocycles. The van der Waals surface area contributed by atoms with Gasteiger partial charge in [0.15, 0.2) is 11.5 Å². The van der Waals surface area contributed by atoms with Crippen molar-refractivity contribution in [2.45, 2.75) is 16.4 Å². The molecule has 9 heteroatoms. The van der Waals surface area contributed by atoms with Crippen molar-refractivity contribution in [1.82, 2.24) is 0 Å². The van der Waals surface area contributed by atoms with E-state index in [1.54, 1.807) is 29.5 Å². The number of rotatable bonds is 8. The molecule has 1 aliphatic heterocycles. The minimum absolute atomic E-state index is 0.0145. The van der Waals surface area contributed by atoms with Gasteiger partial charge in [-0.25, -0.2) is 0 Å². The lowest BCUT2D eigenvalue weighted by Gasteiger charge is -2.25. The number of thiophene rings is 1. The Labute approximate surface area is 237 Å². The molecule has 2 unspecified atom stereocenters. The summed E-state index contributed by atoms with van der Waals surface area (Å²) >= 11 is 3.94. The summed E-state index contributed by atoms with van der Waals surface area (Å²) in [7, 11) is 1.92. The van der Waals surface area contributed by atoms with E-state index in [1.807, 2.05) is 65.9 Å². The maximum absolute atomic E-state index is 12.7. The Morgan fingerprint density at radius 3 is 2.61 bits per heavy atom. The number of aromatic hydroxyl groups is 1. The first kappa shape index (κ1) is 25.9. The molecule has 0 saturated heterocycles. The summed E-state index contributed by atoms with van der Waals surface area (Å²) in [4.78, 5) is 38.2. The molecule has 0 spiro atoms. The number of amides is 1. The highest BCUT2D eigenvalue weighted by Crippen LogP contribution is 2.54. The molecule has 4 aromatic rings. The smallest absolute Gasteiger partial charge is 0.298 e. The van der Waals surface area contributed by atoms with Crippen LogP contribution in [0, 0.1) is 0 Å². The molecule has 7 nitrogen and oxygen atoms in total. The summed E-state index contributed by atoms with van der Waals surface area (Å²) in [5.41, 5.74) is 6.16. The number of likely N-dealkylation sites (N-methyl/N-ethyl adjacent to an activating group) is 1. The van der Waals surface area contributed by atoms with Crippen LogP contribution in [0.3, 0.4) is 0 Å². The van der Waals surface area contributed by atoms with Crippen LogP contribution >= 0.6 is 33.9 Å². The third-order valence-electron chi connectivity index (χ3n) is 6.57. The number of alkyl halides is 1. The standard InChI is InChI=1S/C29H23IN2O5S/c1-32-23-14-24(34)26(37-16-33)13-22(23)27(30)28(32)19-3-2-4-21(12-19)31-29(36)25(35)11-17-5-7-18(8-6-17)20-9-10-38-15-20/h2-10,12-16,27-28,34H,11H2,1H3,(H,31,36). The van der Waals surface area contributed by atoms with Gasteiger partial charge in [-0.3, -0.25) is 14.4 Å². The van der Waals surface area contributed by atoms with Crippen molar-refractivity contribution in [3.05, 3.63) is 94.2 Å². The highest BCUT2D eigenvalue weighted by molar-refractivity contribution is 14.1. The van der Waals surface area contributed by atoms with Gasteiger partial charge in [0.25, 0.3) is 12.4 Å². The zero-order valence-corrected chi connectivity index (χ0v) is 23.2. The van der Waals surface area contributed by atoms with Crippen LogP contribution in [0.25, 0.3) is 11.1 Å². The monoisotopic (exact) mass is 638 g/mol. The number of anilines is 2. The number of fused-ring (bicyclic) bond motifs is 1. The SMILES string of the molecule is CN1c2cc(O)c(OC=O)cc2C(I)C1c1cccc(NC(=O)C(=O)Cc2ccc(-c3ccsc3)cc2)c1. The topological polar surface area (TPSA) is 95.9 Å². The van der Waals surface area contributed by atoms with E-state index in [9.17, 15) is 19.5 Å². The van der Waals surface area contributed by atoms with E-state index >= 15 is 0 Å². The quantitative estimate of drug-likeness (QED) is 0.105. The maximum atomic E-state index is 12.7. The molecule has 0 aliphatic carbocycles. The van der Waals surface area contributed by atoms with Crippen LogP contribution in [0.5, 0.6) is 11.5 Å². The molecule has 1 aromatic heterocycles. The zero-order chi connectivity index (χ0) is 26.8. The van der Waals surface area contributed by atoms with Gasteiger partial charge < -0.3 is 20.1 Å². The fraction of sp³-hybridized carbons (Fsp3) is 0.138. The first-order chi connectivity index (χ1) is 18.4. The Kier molecular flexibility index (Phi) is 7.48. The molecule has 2 atom stereocenters. The molecule has 192 valence electrons. The van der Waals surface area contributed by atoms with Crippen LogP contribution in [-0.2, 0) is 20.8 Å². The molecule has 0 fully saturated rings. The average Bonchev–Trinajstić information content (AvgIpc) is 3.52. The molecule has 38 heavy (non-hydrogen) atoms. The first-order valence-corrected chi connectivity index (χ1v) is 13.9. The second-order valence-electron chi connectivity index (χ2n) is 8.94. The maximum Gasteiger partial charge on any atom is 0.298 e. The number of phenolic OH excluding ortho intramolecular Hbond substituents is 1. The Balaban J connectivity index is 1.28. The van der Waals surface area contributed by atoms with Crippen molar-refractivity contribution in [2.75, 3.05) is 17.3 Å². The number of hydrogen-bond acceptors (Lipinski definition) is 7. The van der Waals surface area contributed by atoms with E-state index < -0.39 is 11.7 Å². The number of hydrogen-bond donors (Lipinski definition) is 2. The number of ketones is 1. The van der Waals surface area contributed by atoms with Gasteiger partial charge in [-0.2, -0.15) is 11.3 Å². The summed E-state index contributed by atoms with van der Waals surface area (Å²) in [6.45, 7) is 0.285. The molecule has 1 aliphatic rings. The molecule has 2 N–H and O–H groups in total. The highest BCUT2D eigenvalue weighted by Gasteiger charge is 2.37. The van der Waals surface area contributed by atoms with Gasteiger partial charge in [-0.15, -0.1) is 0 Å². The minimum atomic E-state index is -0.668. The number of nitrogens with one attached hydrogen (secondary N) is 1. The van der Waals surface area contributed by atoms with Crippen LogP contribution in [-0.4, -0.2) is 30.3 Å². The number of ether oxygens (including phenoxy) is 1. The minimum Gasteiger partial charge on any atom is -0.504 e. The number of benzene rings is 3. The lowest BCUT2D eigenvalue weighted by atomic mass is 10.0. The Morgan fingerprint density at radius 1 is 1.11 bits per heavy atom. The third kappa shape index (κ3) is 5.16. The Bertz CT molecular complexity index is 1500. The lowest BCUT2D eigenvalue weighted by Crippen LogP contribution is -2.25. The summed E-state index contributed by atoms with van der Waals surface area (Å²) < 4.78 is 4.88. The molecular formula is C29H23IN2O5S. The van der Waals surface area contributed by atoms with Crippen LogP contribution in [0.4, 0.5) is 11.4 Å². The second kappa shape index (κ2) is 11.0. The molecule has 0 radical (unpaired) electrons. The number of carbonyl (C=O) groups excluding carboxylic acids is 3. The third-order valence-corrected chi connectivity index (χ3v) is 8.60. The van der Waals surface area contributed by atoms with Gasteiger partial charge >= 0.3 is 0 Å². The van der Waals surface area contributed by atoms with Crippen molar-refractivity contribution >= 4 is 63.5 Å². The number of carbonyl (C=O) groups is 3. The van der Waals surface area contributed by atoms with Gasteiger partial charge in [0.2, 0.25) is 5.78 Å². The normalized spacial score (nSPS) is 16.1. The molecule has 0 bridgehead atoms. The number of phenols is 1. The fourth-order valence-electron chi connectivity index (χ4n) is 4.67. The number of Topliss-reactive ketones (excluding diaryl/α,β-unsaturated/α-hetero) is 1. The Hall–Kier alpha value is -3.70. The van der Waals surface area contributed by atoms with Crippen LogP contribution in [0.1, 0.15) is 26.7 Å². The van der Waals surface area contributed by atoms with Crippen LogP contribution < -0.4 is 15.0 Å². The van der Waals surface area contributed by atoms with Crippen LogP contribution in [0.15, 0.2) is 77.5 Å². The molecule has 3 aromatic carbocycles. The first-order valence-electron chi connectivity index (χ1n) is 11.8. The summed E-state index contributed by atoms with van der Waals surface area (Å²) in [5, 5.41) is 17.0. The fourth-order valence-corrected chi connectivity index (χ4v) is 6.73. The molecular weight excluding hydrogens is 615 g/mol. The van der Waals surface area contributed by atoms with Gasteiger partial charge in [0.1, 0.15) is 0 Å². The van der Waals surface area contributed by atoms with Crippen molar-refractivity contribution in [1.29, 1.82) is 0 Å². The van der Waals surface area contributed by atoms with E-state index in [0.717, 1.165) is 33.5 Å². The van der Waals surface area contributed by atoms with Crippen molar-refractivity contribution in [2.24, 2.45) is 0 Å². The van der Waals surface area contributed by atoms with Gasteiger partial charge in [0, 0.05) is 30.9 Å². The van der Waals surface area contributed by atoms with Crippen molar-refractivity contribution < 1.29 is 24.2 Å². The second-order valence-corrected chi connectivity index (χ2v) is 11.1. The summed E-state index contributed by atoms with van der Waals surface area (Å²) in [6, 6.07) is 20.2. The van der Waals surface area contributed by atoms with E-state index in [2.05, 4.69) is 33.3 Å². The van der Waals surface area contributed by atoms with E-state index in [1.165, 1.54) is 0 Å². The largest absolute Gasteiger partial charge is 0.504 e. The molecule has 5 rings (SSSR count). The summed E-state index contributed by atoms with van der Waals surface area (Å²) in [5.74, 6) is -1.20. The van der Waals surface area contributed by atoms with Crippen molar-refractivity contribution in [3.63, 3.8) is 0 Å².